The number of ether oxygens (including phenoxy) is 1. The fourth-order valence-corrected chi connectivity index (χ4v) is 4.46. The van der Waals surface area contributed by atoms with Crippen molar-refractivity contribution in [3.8, 4) is 6.07 Å². The Hall–Kier alpha value is -2.67. The van der Waals surface area contributed by atoms with Gasteiger partial charge in [-0.1, -0.05) is 0 Å². The van der Waals surface area contributed by atoms with Crippen molar-refractivity contribution in [1.29, 1.82) is 5.26 Å². The van der Waals surface area contributed by atoms with Crippen molar-refractivity contribution in [3.05, 3.63) is 39.4 Å². The Labute approximate surface area is 177 Å². The number of aromatic nitrogens is 1. The molecule has 158 valence electrons. The average Bonchev–Trinajstić information content (AvgIpc) is 3.45. The molecule has 8 nitrogen and oxygen atoms in total. The monoisotopic (exact) mass is 434 g/mol. The molecule has 10 heteroatoms. The molecule has 3 fully saturated rings. The zero-order valence-electron chi connectivity index (χ0n) is 15.9. The van der Waals surface area contributed by atoms with Crippen LogP contribution in [0.1, 0.15) is 34.8 Å². The molecule has 2 aromatic rings. The van der Waals surface area contributed by atoms with Crippen LogP contribution in [0, 0.1) is 17.1 Å². The predicted octanol–water partition coefficient (Wildman–Crippen LogP) is 1.64. The van der Waals surface area contributed by atoms with Crippen molar-refractivity contribution >= 4 is 35.0 Å². The van der Waals surface area contributed by atoms with Crippen LogP contribution >= 0.6 is 12.4 Å². The van der Waals surface area contributed by atoms with Crippen molar-refractivity contribution in [3.63, 3.8) is 0 Å². The highest BCUT2D eigenvalue weighted by molar-refractivity contribution is 5.96. The van der Waals surface area contributed by atoms with Crippen molar-refractivity contribution in [2.45, 2.75) is 31.0 Å². The van der Waals surface area contributed by atoms with E-state index in [2.05, 4.69) is 11.4 Å². The van der Waals surface area contributed by atoms with Crippen LogP contribution in [0.3, 0.4) is 0 Å². The maximum Gasteiger partial charge on any atom is 0.341 e. The zero-order chi connectivity index (χ0) is 20.3. The molecule has 3 heterocycles. The number of carbonyl (C=O) groups is 1. The zero-order valence-corrected chi connectivity index (χ0v) is 16.7. The van der Waals surface area contributed by atoms with Gasteiger partial charge in [0.15, 0.2) is 0 Å². The third kappa shape index (κ3) is 3.12. The van der Waals surface area contributed by atoms with Crippen LogP contribution in [0.5, 0.6) is 0 Å². The predicted molar refractivity (Wildman–Crippen MR) is 109 cm³/mol. The molecule has 2 aliphatic heterocycles. The first-order valence-electron chi connectivity index (χ1n) is 9.64. The molecule has 0 bridgehead atoms. The summed E-state index contributed by atoms with van der Waals surface area (Å²) in [6.45, 7) is 2.23. The minimum Gasteiger partial charge on any atom is -0.477 e. The summed E-state index contributed by atoms with van der Waals surface area (Å²) >= 11 is 0. The number of carboxylic acids is 1. The average molecular weight is 435 g/mol. The first kappa shape index (κ1) is 20.6. The number of benzene rings is 1. The standard InChI is InChI=1S/C20H19FN4O4.ClH/c21-14-5-11-17(25(10-1-2-10)7-13(19(11)26)20(27)28)12(6-22)18(14)24-8-15-16(9-24)29-4-3-23-15;/h5,7,10,15-16,23H,1-4,8-9H2,(H,27,28);1H. The molecule has 2 saturated heterocycles. The van der Waals surface area contributed by atoms with Gasteiger partial charge in [-0.2, -0.15) is 5.26 Å². The van der Waals surface area contributed by atoms with Crippen LogP contribution in [0.2, 0.25) is 0 Å². The van der Waals surface area contributed by atoms with Gasteiger partial charge in [-0.05, 0) is 18.9 Å². The molecule has 0 amide bonds. The van der Waals surface area contributed by atoms with Gasteiger partial charge in [0.05, 0.1) is 35.3 Å². The molecule has 1 aliphatic carbocycles. The summed E-state index contributed by atoms with van der Waals surface area (Å²) in [5.41, 5.74) is -0.655. The highest BCUT2D eigenvalue weighted by atomic mass is 35.5. The quantitative estimate of drug-likeness (QED) is 0.756. The van der Waals surface area contributed by atoms with Gasteiger partial charge >= 0.3 is 5.97 Å². The van der Waals surface area contributed by atoms with E-state index in [-0.39, 0.29) is 47.2 Å². The van der Waals surface area contributed by atoms with Crippen molar-refractivity contribution in [1.82, 2.24) is 9.88 Å². The van der Waals surface area contributed by atoms with Crippen LogP contribution < -0.4 is 15.6 Å². The lowest BCUT2D eigenvalue weighted by molar-refractivity contribution is 0.0212. The highest BCUT2D eigenvalue weighted by Crippen LogP contribution is 2.40. The Morgan fingerprint density at radius 2 is 2.13 bits per heavy atom. The molecule has 0 spiro atoms. The van der Waals surface area contributed by atoms with E-state index in [0.29, 0.717) is 25.2 Å². The summed E-state index contributed by atoms with van der Waals surface area (Å²) in [5, 5.41) is 22.6. The summed E-state index contributed by atoms with van der Waals surface area (Å²) < 4.78 is 22.6. The first-order chi connectivity index (χ1) is 14.0. The molecule has 5 rings (SSSR count). The summed E-state index contributed by atoms with van der Waals surface area (Å²) in [4.78, 5) is 26.0. The Bertz CT molecular complexity index is 1130. The maximum absolute atomic E-state index is 15.2. The summed E-state index contributed by atoms with van der Waals surface area (Å²) in [7, 11) is 0. The number of nitriles is 1. The second-order valence-corrected chi connectivity index (χ2v) is 7.78. The molecular weight excluding hydrogens is 415 g/mol. The van der Waals surface area contributed by atoms with E-state index in [1.165, 1.54) is 6.20 Å². The van der Waals surface area contributed by atoms with Crippen LogP contribution in [0.15, 0.2) is 17.1 Å². The van der Waals surface area contributed by atoms with E-state index in [1.54, 1.807) is 9.47 Å². The number of fused-ring (bicyclic) bond motifs is 2. The molecule has 3 aliphatic rings. The Morgan fingerprint density at radius 3 is 2.77 bits per heavy atom. The molecule has 1 aromatic carbocycles. The lowest BCUT2D eigenvalue weighted by Gasteiger charge is -2.25. The van der Waals surface area contributed by atoms with Gasteiger partial charge in [0.1, 0.15) is 23.0 Å². The second kappa shape index (κ2) is 7.54. The number of morpholine rings is 1. The smallest absolute Gasteiger partial charge is 0.341 e. The Kier molecular flexibility index (Phi) is 5.18. The highest BCUT2D eigenvalue weighted by Gasteiger charge is 2.38. The van der Waals surface area contributed by atoms with Gasteiger partial charge in [-0.25, -0.2) is 9.18 Å². The summed E-state index contributed by atoms with van der Waals surface area (Å²) in [6.07, 6.45) is 2.84. The molecule has 2 unspecified atom stereocenters. The summed E-state index contributed by atoms with van der Waals surface area (Å²) in [5.74, 6) is -2.06. The molecule has 30 heavy (non-hydrogen) atoms. The van der Waals surface area contributed by atoms with Crippen molar-refractivity contribution in [2.24, 2.45) is 0 Å². The molecule has 1 aromatic heterocycles. The van der Waals surface area contributed by atoms with Crippen LogP contribution in [-0.2, 0) is 4.74 Å². The molecular formula is C20H20ClFN4O4. The number of nitrogens with one attached hydrogen (secondary N) is 1. The number of anilines is 1. The first-order valence-corrected chi connectivity index (χ1v) is 9.64. The van der Waals surface area contributed by atoms with Crippen molar-refractivity contribution in [2.75, 3.05) is 31.1 Å². The number of aromatic carboxylic acids is 1. The normalized spacial score (nSPS) is 23.0. The van der Waals surface area contributed by atoms with Gasteiger partial charge in [-0.15, -0.1) is 12.4 Å². The molecule has 1 saturated carbocycles. The van der Waals surface area contributed by atoms with Crippen LogP contribution in [-0.4, -0.2) is 54.0 Å². The maximum atomic E-state index is 15.2. The van der Waals surface area contributed by atoms with E-state index < -0.39 is 22.8 Å². The number of carboxylic acid groups (broad SMARTS) is 1. The number of nitrogens with zero attached hydrogens (tertiary/aromatic N) is 3. The van der Waals surface area contributed by atoms with E-state index in [9.17, 15) is 20.0 Å². The number of rotatable bonds is 3. The van der Waals surface area contributed by atoms with Gasteiger partial charge < -0.3 is 24.6 Å². The Morgan fingerprint density at radius 1 is 1.37 bits per heavy atom. The lowest BCUT2D eigenvalue weighted by atomic mass is 10.0. The SMILES string of the molecule is Cl.N#Cc1c(N2CC3NCCOC3C2)c(F)cc2c(=O)c(C(=O)O)cn(C3CC3)c12. The van der Waals surface area contributed by atoms with Crippen LogP contribution in [0.4, 0.5) is 10.1 Å². The van der Waals surface area contributed by atoms with E-state index in [1.807, 2.05) is 0 Å². The van der Waals surface area contributed by atoms with E-state index in [0.717, 1.165) is 25.5 Å². The lowest BCUT2D eigenvalue weighted by Crippen LogP contribution is -2.47. The minimum absolute atomic E-state index is 0. The Balaban J connectivity index is 0.00000218. The molecule has 2 N–H and O–H groups in total. The van der Waals surface area contributed by atoms with Crippen LogP contribution in [0.25, 0.3) is 10.9 Å². The topological polar surface area (TPSA) is 108 Å². The van der Waals surface area contributed by atoms with Gasteiger partial charge in [-0.3, -0.25) is 4.79 Å². The fraction of sp³-hybridized carbons (Fsp3) is 0.450. The number of hydrogen-bond acceptors (Lipinski definition) is 6. The fourth-order valence-electron chi connectivity index (χ4n) is 4.46. The largest absolute Gasteiger partial charge is 0.477 e. The van der Waals surface area contributed by atoms with E-state index >= 15 is 4.39 Å². The number of hydrogen-bond donors (Lipinski definition) is 2. The second-order valence-electron chi connectivity index (χ2n) is 7.78. The van der Waals surface area contributed by atoms with Gasteiger partial charge in [0.25, 0.3) is 0 Å². The third-order valence-corrected chi connectivity index (χ3v) is 5.95. The van der Waals surface area contributed by atoms with Gasteiger partial charge in [0.2, 0.25) is 5.43 Å². The number of pyridine rings is 1. The van der Waals surface area contributed by atoms with Crippen molar-refractivity contribution < 1.29 is 19.0 Å². The molecule has 0 radical (unpaired) electrons. The van der Waals surface area contributed by atoms with Gasteiger partial charge in [0, 0.05) is 31.9 Å². The summed E-state index contributed by atoms with van der Waals surface area (Å²) in [6, 6.07) is 3.22. The number of halogens is 2. The van der Waals surface area contributed by atoms with E-state index in [4.69, 9.17) is 4.74 Å². The third-order valence-electron chi connectivity index (χ3n) is 5.95. The molecule has 2 atom stereocenters. The minimum atomic E-state index is -1.36.